The van der Waals surface area contributed by atoms with Crippen LogP contribution in [0.15, 0.2) is 42.6 Å². The third-order valence-electron chi connectivity index (χ3n) is 6.19. The second kappa shape index (κ2) is 11.8. The molecule has 2 heterocycles. The topological polar surface area (TPSA) is 101 Å². The number of hydrogen-bond donors (Lipinski definition) is 1. The summed E-state index contributed by atoms with van der Waals surface area (Å²) < 4.78 is 11.8. The number of ether oxygens (including phenoxy) is 2. The van der Waals surface area contributed by atoms with Gasteiger partial charge in [-0.2, -0.15) is 0 Å². The lowest BCUT2D eigenvalue weighted by Crippen LogP contribution is -2.48. The first kappa shape index (κ1) is 26.2. The van der Waals surface area contributed by atoms with Gasteiger partial charge in [0.2, 0.25) is 5.91 Å². The predicted octanol–water partition coefficient (Wildman–Crippen LogP) is 3.08. The molecule has 0 fully saturated rings. The second-order valence-electron chi connectivity index (χ2n) is 8.88. The van der Waals surface area contributed by atoms with E-state index in [4.69, 9.17) is 9.47 Å². The Labute approximate surface area is 206 Å². The fraction of sp³-hybridized carbons (Fsp3) is 0.462. The van der Waals surface area contributed by atoms with Crippen molar-refractivity contribution in [3.8, 4) is 5.75 Å². The van der Waals surface area contributed by atoms with Crippen LogP contribution in [0.1, 0.15) is 48.0 Å². The van der Waals surface area contributed by atoms with Crippen molar-refractivity contribution in [2.75, 3.05) is 39.2 Å². The van der Waals surface area contributed by atoms with Crippen LogP contribution in [0.4, 0.5) is 5.69 Å². The van der Waals surface area contributed by atoms with Gasteiger partial charge in [-0.25, -0.2) is 0 Å². The maximum atomic E-state index is 13.4. The number of hydrogen-bond acceptors (Lipinski definition) is 6. The summed E-state index contributed by atoms with van der Waals surface area (Å²) in [5.41, 5.74) is 1.21. The number of pyridine rings is 1. The number of carbonyl (C=O) groups excluding carboxylic acids is 3. The first-order chi connectivity index (χ1) is 16.7. The second-order valence-corrected chi connectivity index (χ2v) is 8.88. The summed E-state index contributed by atoms with van der Waals surface area (Å²) >= 11 is 0. The van der Waals surface area contributed by atoms with Gasteiger partial charge in [-0.1, -0.05) is 19.9 Å². The molecule has 0 aliphatic carbocycles. The van der Waals surface area contributed by atoms with Crippen LogP contribution in [0, 0.1) is 5.92 Å². The molecule has 3 rings (SSSR count). The normalized spacial score (nSPS) is 21.3. The Bertz CT molecular complexity index is 1050. The minimum atomic E-state index is -0.304. The van der Waals surface area contributed by atoms with Gasteiger partial charge in [0.05, 0.1) is 17.7 Å². The smallest absolute Gasteiger partial charge is 0.272 e. The van der Waals surface area contributed by atoms with E-state index in [1.807, 2.05) is 13.8 Å². The molecule has 9 nitrogen and oxygen atoms in total. The lowest BCUT2D eigenvalue weighted by Gasteiger charge is -2.36. The molecule has 0 saturated heterocycles. The molecule has 3 atom stereocenters. The zero-order valence-electron chi connectivity index (χ0n) is 21.0. The first-order valence-corrected chi connectivity index (χ1v) is 11.8. The van der Waals surface area contributed by atoms with E-state index in [2.05, 4.69) is 10.3 Å². The number of benzene rings is 1. The van der Waals surface area contributed by atoms with Gasteiger partial charge in [0, 0.05) is 51.5 Å². The van der Waals surface area contributed by atoms with E-state index in [0.717, 1.165) is 0 Å². The van der Waals surface area contributed by atoms with Crippen LogP contribution in [0.3, 0.4) is 0 Å². The third-order valence-corrected chi connectivity index (χ3v) is 6.19. The Morgan fingerprint density at radius 1 is 1.20 bits per heavy atom. The number of methoxy groups -OCH3 is 1. The highest BCUT2D eigenvalue weighted by Crippen LogP contribution is 2.27. The predicted molar refractivity (Wildman–Crippen MR) is 133 cm³/mol. The van der Waals surface area contributed by atoms with E-state index in [1.165, 1.54) is 0 Å². The maximum absolute atomic E-state index is 13.4. The zero-order chi connectivity index (χ0) is 25.5. The first-order valence-electron chi connectivity index (χ1n) is 11.8. The summed E-state index contributed by atoms with van der Waals surface area (Å²) in [5.74, 6) is -0.264. The average molecular weight is 483 g/mol. The van der Waals surface area contributed by atoms with Gasteiger partial charge < -0.3 is 24.6 Å². The summed E-state index contributed by atoms with van der Waals surface area (Å²) in [7, 11) is 3.31. The number of nitrogens with one attached hydrogen (secondary N) is 1. The van der Waals surface area contributed by atoms with Crippen molar-refractivity contribution in [3.63, 3.8) is 0 Å². The highest BCUT2D eigenvalue weighted by atomic mass is 16.5. The van der Waals surface area contributed by atoms with Gasteiger partial charge in [0.1, 0.15) is 18.1 Å². The van der Waals surface area contributed by atoms with Crippen LogP contribution >= 0.6 is 0 Å². The highest BCUT2D eigenvalue weighted by Gasteiger charge is 2.31. The minimum absolute atomic E-state index is 0.0700. The number of rotatable bonds is 4. The van der Waals surface area contributed by atoms with Crippen molar-refractivity contribution >= 4 is 23.4 Å². The number of likely N-dealkylation sites (N-methyl/N-ethyl adjacent to an activating group) is 1. The molecule has 1 aromatic heterocycles. The molecule has 3 amide bonds. The molecular formula is C26H34N4O5. The molecule has 1 aliphatic heterocycles. The Kier molecular flexibility index (Phi) is 8.81. The van der Waals surface area contributed by atoms with E-state index in [-0.39, 0.29) is 42.4 Å². The average Bonchev–Trinajstić information content (AvgIpc) is 2.88. The Balaban J connectivity index is 1.98. The van der Waals surface area contributed by atoms with Crippen molar-refractivity contribution in [1.82, 2.24) is 14.8 Å². The number of fused-ring (bicyclic) bond motifs is 1. The Morgan fingerprint density at radius 3 is 2.63 bits per heavy atom. The molecule has 0 radical (unpaired) electrons. The zero-order valence-corrected chi connectivity index (χ0v) is 21.0. The van der Waals surface area contributed by atoms with Crippen LogP contribution in [-0.4, -0.2) is 78.5 Å². The van der Waals surface area contributed by atoms with Crippen molar-refractivity contribution in [2.24, 2.45) is 5.92 Å². The SMILES string of the molecule is CCC(=O)Nc1ccc2c(c1)C(=O)N(C)C[C@@H](OC)[C@@H](C)CN(C(=O)c1ccccn1)[C@@H](C)CO2. The summed E-state index contributed by atoms with van der Waals surface area (Å²) in [4.78, 5) is 46.2. The summed E-state index contributed by atoms with van der Waals surface area (Å²) in [6.45, 7) is 6.57. The highest BCUT2D eigenvalue weighted by molar-refractivity contribution is 5.99. The summed E-state index contributed by atoms with van der Waals surface area (Å²) in [5, 5.41) is 2.79. The maximum Gasteiger partial charge on any atom is 0.272 e. The molecular weight excluding hydrogens is 448 g/mol. The Hall–Kier alpha value is -3.46. The van der Waals surface area contributed by atoms with Crippen LogP contribution in [0.2, 0.25) is 0 Å². The fourth-order valence-electron chi connectivity index (χ4n) is 4.02. The molecule has 35 heavy (non-hydrogen) atoms. The van der Waals surface area contributed by atoms with Crippen molar-refractivity contribution in [1.29, 1.82) is 0 Å². The Morgan fingerprint density at radius 2 is 1.97 bits per heavy atom. The van der Waals surface area contributed by atoms with Gasteiger partial charge in [0.25, 0.3) is 11.8 Å². The number of nitrogens with zero attached hydrogens (tertiary/aromatic N) is 3. The van der Waals surface area contributed by atoms with Gasteiger partial charge in [0.15, 0.2) is 0 Å². The van der Waals surface area contributed by atoms with E-state index >= 15 is 0 Å². The van der Waals surface area contributed by atoms with Crippen molar-refractivity contribution in [3.05, 3.63) is 53.9 Å². The molecule has 0 bridgehead atoms. The summed E-state index contributed by atoms with van der Waals surface area (Å²) in [6, 6.07) is 9.94. The molecule has 1 aliphatic rings. The molecule has 0 unspecified atom stereocenters. The van der Waals surface area contributed by atoms with Gasteiger partial charge in [-0.05, 0) is 37.3 Å². The van der Waals surface area contributed by atoms with Crippen molar-refractivity contribution in [2.45, 2.75) is 39.3 Å². The monoisotopic (exact) mass is 482 g/mol. The largest absolute Gasteiger partial charge is 0.491 e. The van der Waals surface area contributed by atoms with Crippen LogP contribution in [0.5, 0.6) is 5.75 Å². The number of aromatic nitrogens is 1. The molecule has 2 aromatic rings. The number of anilines is 1. The van der Waals surface area contributed by atoms with Gasteiger partial charge >= 0.3 is 0 Å². The molecule has 1 aromatic carbocycles. The molecule has 9 heteroatoms. The lowest BCUT2D eigenvalue weighted by atomic mass is 10.0. The van der Waals surface area contributed by atoms with Crippen LogP contribution in [0.25, 0.3) is 0 Å². The molecule has 1 N–H and O–H groups in total. The van der Waals surface area contributed by atoms with E-state index < -0.39 is 0 Å². The number of amides is 3. The van der Waals surface area contributed by atoms with Gasteiger partial charge in [-0.3, -0.25) is 19.4 Å². The van der Waals surface area contributed by atoms with E-state index in [1.54, 1.807) is 73.5 Å². The number of carbonyl (C=O) groups is 3. The van der Waals surface area contributed by atoms with E-state index in [0.29, 0.717) is 42.2 Å². The van der Waals surface area contributed by atoms with Crippen LogP contribution < -0.4 is 10.1 Å². The molecule has 0 saturated carbocycles. The molecule has 188 valence electrons. The van der Waals surface area contributed by atoms with Crippen LogP contribution in [-0.2, 0) is 9.53 Å². The lowest BCUT2D eigenvalue weighted by molar-refractivity contribution is -0.115. The molecule has 0 spiro atoms. The van der Waals surface area contributed by atoms with Gasteiger partial charge in [-0.15, -0.1) is 0 Å². The van der Waals surface area contributed by atoms with Crippen molar-refractivity contribution < 1.29 is 23.9 Å². The fourth-order valence-corrected chi connectivity index (χ4v) is 4.02. The summed E-state index contributed by atoms with van der Waals surface area (Å²) in [6.07, 6.45) is 1.62. The quantitative estimate of drug-likeness (QED) is 0.719. The minimum Gasteiger partial charge on any atom is -0.491 e. The standard InChI is InChI=1S/C26H34N4O5/c1-6-24(31)28-19-10-11-22-20(13-19)25(32)29(4)15-23(34-5)17(2)14-30(18(3)16-35-22)26(33)21-9-7-8-12-27-21/h7-13,17-18,23H,6,14-16H2,1-5H3,(H,28,31)/t17-,18-,23+/m0/s1. The van der Waals surface area contributed by atoms with E-state index in [9.17, 15) is 14.4 Å². The third kappa shape index (κ3) is 6.36.